The molecule has 0 saturated carbocycles. The normalized spacial score (nSPS) is 14.7. The Kier molecular flexibility index (Phi) is 6.18. The Morgan fingerprint density at radius 3 is 2.80 bits per heavy atom. The van der Waals surface area contributed by atoms with E-state index in [4.69, 9.17) is 0 Å². The second-order valence-corrected chi connectivity index (χ2v) is 8.27. The number of benzene rings is 1. The van der Waals surface area contributed by atoms with Crippen LogP contribution in [0.15, 0.2) is 54.0 Å². The summed E-state index contributed by atoms with van der Waals surface area (Å²) in [6.07, 6.45) is 3.86. The van der Waals surface area contributed by atoms with Gasteiger partial charge in [0, 0.05) is 23.2 Å². The van der Waals surface area contributed by atoms with Crippen LogP contribution in [0.4, 0.5) is 0 Å². The van der Waals surface area contributed by atoms with E-state index in [2.05, 4.69) is 15.3 Å². The number of amides is 2. The molecule has 1 aliphatic heterocycles. The maximum atomic E-state index is 13.1. The Bertz CT molecular complexity index is 1020. The van der Waals surface area contributed by atoms with E-state index in [1.54, 1.807) is 22.4 Å². The fourth-order valence-electron chi connectivity index (χ4n) is 3.65. The molecule has 0 saturated heterocycles. The summed E-state index contributed by atoms with van der Waals surface area (Å²) in [5, 5.41) is 5.06. The second-order valence-electron chi connectivity index (χ2n) is 7.29. The van der Waals surface area contributed by atoms with Crippen LogP contribution >= 0.6 is 11.3 Å². The van der Waals surface area contributed by atoms with Gasteiger partial charge in [0.15, 0.2) is 5.82 Å². The van der Waals surface area contributed by atoms with E-state index in [0.717, 1.165) is 29.0 Å². The van der Waals surface area contributed by atoms with Crippen molar-refractivity contribution >= 4 is 23.2 Å². The zero-order valence-electron chi connectivity index (χ0n) is 16.9. The number of carbonyl (C=O) groups excluding carboxylic acids is 2. The van der Waals surface area contributed by atoms with E-state index in [1.807, 2.05) is 54.8 Å². The van der Waals surface area contributed by atoms with Crippen molar-refractivity contribution in [1.82, 2.24) is 20.2 Å². The summed E-state index contributed by atoms with van der Waals surface area (Å²) in [7, 11) is 0. The summed E-state index contributed by atoms with van der Waals surface area (Å²) in [6.45, 7) is 2.61. The van der Waals surface area contributed by atoms with Gasteiger partial charge in [-0.05, 0) is 30.7 Å². The van der Waals surface area contributed by atoms with Crippen LogP contribution in [0.1, 0.15) is 46.7 Å². The third-order valence-corrected chi connectivity index (χ3v) is 6.21. The molecule has 3 heterocycles. The minimum atomic E-state index is -0.179. The zero-order valence-corrected chi connectivity index (χ0v) is 17.7. The molecule has 1 aliphatic rings. The molecule has 30 heavy (non-hydrogen) atoms. The van der Waals surface area contributed by atoms with E-state index in [0.29, 0.717) is 24.4 Å². The van der Waals surface area contributed by atoms with Crippen molar-refractivity contribution < 1.29 is 9.59 Å². The second kappa shape index (κ2) is 9.17. The topological polar surface area (TPSA) is 75.2 Å². The lowest BCUT2D eigenvalue weighted by Crippen LogP contribution is -2.41. The van der Waals surface area contributed by atoms with Gasteiger partial charge in [-0.15, -0.1) is 11.3 Å². The largest absolute Gasteiger partial charge is 0.347 e. The molecule has 2 amide bonds. The molecular weight excluding hydrogens is 396 g/mol. The summed E-state index contributed by atoms with van der Waals surface area (Å²) in [6, 6.07) is 13.7. The molecule has 3 aromatic rings. The number of fused-ring (bicyclic) bond motifs is 1. The van der Waals surface area contributed by atoms with Crippen molar-refractivity contribution in [2.24, 2.45) is 0 Å². The van der Waals surface area contributed by atoms with Gasteiger partial charge in [-0.3, -0.25) is 9.59 Å². The van der Waals surface area contributed by atoms with Crippen LogP contribution in [-0.2, 0) is 11.2 Å². The number of thiophene rings is 1. The molecule has 0 spiro atoms. The van der Waals surface area contributed by atoms with Crippen LogP contribution in [0.3, 0.4) is 0 Å². The smallest absolute Gasteiger partial charge is 0.257 e. The molecule has 1 aromatic carbocycles. The highest BCUT2D eigenvalue weighted by atomic mass is 32.1. The fraction of sp³-hybridized carbons (Fsp3) is 0.304. The van der Waals surface area contributed by atoms with Gasteiger partial charge in [0.25, 0.3) is 5.91 Å². The van der Waals surface area contributed by atoms with Crippen LogP contribution in [-0.4, -0.2) is 39.8 Å². The lowest BCUT2D eigenvalue weighted by Gasteiger charge is -2.22. The van der Waals surface area contributed by atoms with E-state index in [9.17, 15) is 9.59 Å². The number of aryl methyl sites for hydroxylation is 1. The highest BCUT2D eigenvalue weighted by molar-refractivity contribution is 7.10. The van der Waals surface area contributed by atoms with Crippen molar-refractivity contribution in [3.05, 3.63) is 70.2 Å². The Labute approximate surface area is 180 Å². The number of nitrogens with zero attached hydrogens (tertiary/aromatic N) is 3. The summed E-state index contributed by atoms with van der Waals surface area (Å²) in [5.41, 5.74) is 2.17. The average molecular weight is 421 g/mol. The third kappa shape index (κ3) is 4.41. The van der Waals surface area contributed by atoms with Crippen molar-refractivity contribution in [2.75, 3.05) is 13.1 Å². The van der Waals surface area contributed by atoms with Crippen LogP contribution < -0.4 is 5.32 Å². The first-order chi connectivity index (χ1) is 14.7. The monoisotopic (exact) mass is 420 g/mol. The molecular formula is C23H24N4O2S. The van der Waals surface area contributed by atoms with Gasteiger partial charge in [-0.25, -0.2) is 9.97 Å². The van der Waals surface area contributed by atoms with Gasteiger partial charge in [0.05, 0.1) is 23.8 Å². The number of carbonyl (C=O) groups is 2. The Hall–Kier alpha value is -3.06. The Morgan fingerprint density at radius 1 is 1.23 bits per heavy atom. The van der Waals surface area contributed by atoms with Gasteiger partial charge in [0.2, 0.25) is 5.91 Å². The minimum Gasteiger partial charge on any atom is -0.347 e. The van der Waals surface area contributed by atoms with Gasteiger partial charge in [0.1, 0.15) is 0 Å². The lowest BCUT2D eigenvalue weighted by molar-refractivity contribution is -0.122. The van der Waals surface area contributed by atoms with Crippen molar-refractivity contribution in [3.8, 4) is 11.4 Å². The predicted octanol–water partition coefficient (Wildman–Crippen LogP) is 3.86. The number of hydrogen-bond donors (Lipinski definition) is 1. The molecule has 6 nitrogen and oxygen atoms in total. The Morgan fingerprint density at radius 2 is 2.07 bits per heavy atom. The standard InChI is InChI=1S/C23H24N4O2S/c1-2-18(20-11-7-13-30-20)25-21(28)15-27-12-6-10-19-17(23(27)29)14-24-22(26-19)16-8-4-3-5-9-16/h3-5,7-9,11,13-14,18H,2,6,10,12,15H2,1H3,(H,25,28). The molecule has 2 aromatic heterocycles. The van der Waals surface area contributed by atoms with E-state index in [-0.39, 0.29) is 24.4 Å². The average Bonchev–Trinajstić information content (AvgIpc) is 3.26. The number of rotatable bonds is 6. The molecule has 1 atom stereocenters. The summed E-state index contributed by atoms with van der Waals surface area (Å²) >= 11 is 1.63. The van der Waals surface area contributed by atoms with Crippen LogP contribution in [0, 0.1) is 0 Å². The molecule has 1 N–H and O–H groups in total. The van der Waals surface area contributed by atoms with Gasteiger partial charge >= 0.3 is 0 Å². The summed E-state index contributed by atoms with van der Waals surface area (Å²) in [5.74, 6) is 0.297. The maximum Gasteiger partial charge on any atom is 0.257 e. The number of hydrogen-bond acceptors (Lipinski definition) is 5. The summed E-state index contributed by atoms with van der Waals surface area (Å²) in [4.78, 5) is 37.5. The van der Waals surface area contributed by atoms with Crippen LogP contribution in [0.2, 0.25) is 0 Å². The predicted molar refractivity (Wildman–Crippen MR) is 117 cm³/mol. The molecule has 0 bridgehead atoms. The first-order valence-corrected chi connectivity index (χ1v) is 11.1. The molecule has 0 aliphatic carbocycles. The van der Waals surface area contributed by atoms with E-state index in [1.165, 1.54) is 0 Å². The zero-order chi connectivity index (χ0) is 20.9. The highest BCUT2D eigenvalue weighted by Gasteiger charge is 2.26. The molecule has 7 heteroatoms. The van der Waals surface area contributed by atoms with Crippen LogP contribution in [0.5, 0.6) is 0 Å². The molecule has 154 valence electrons. The van der Waals surface area contributed by atoms with Crippen LogP contribution in [0.25, 0.3) is 11.4 Å². The quantitative estimate of drug-likeness (QED) is 0.657. The highest BCUT2D eigenvalue weighted by Crippen LogP contribution is 2.23. The van der Waals surface area contributed by atoms with E-state index < -0.39 is 0 Å². The Balaban J connectivity index is 1.48. The van der Waals surface area contributed by atoms with Gasteiger partial charge < -0.3 is 10.2 Å². The third-order valence-electron chi connectivity index (χ3n) is 5.22. The molecule has 0 fully saturated rings. The molecule has 0 radical (unpaired) electrons. The van der Waals surface area contributed by atoms with Crippen molar-refractivity contribution in [2.45, 2.75) is 32.2 Å². The van der Waals surface area contributed by atoms with Crippen molar-refractivity contribution in [1.29, 1.82) is 0 Å². The van der Waals surface area contributed by atoms with Crippen molar-refractivity contribution in [3.63, 3.8) is 0 Å². The minimum absolute atomic E-state index is 0.0244. The van der Waals surface area contributed by atoms with Gasteiger partial charge in [-0.2, -0.15) is 0 Å². The SMILES string of the molecule is CCC(NC(=O)CN1CCCc2nc(-c3ccccc3)ncc2C1=O)c1cccs1. The fourth-order valence-corrected chi connectivity index (χ4v) is 4.51. The van der Waals surface area contributed by atoms with Gasteiger partial charge in [-0.1, -0.05) is 43.3 Å². The lowest BCUT2D eigenvalue weighted by atomic mass is 10.1. The molecule has 4 rings (SSSR count). The summed E-state index contributed by atoms with van der Waals surface area (Å²) < 4.78 is 0. The van der Waals surface area contributed by atoms with E-state index >= 15 is 0 Å². The maximum absolute atomic E-state index is 13.1. The number of nitrogens with one attached hydrogen (secondary N) is 1. The first-order valence-electron chi connectivity index (χ1n) is 10.2. The molecule has 1 unspecified atom stereocenters. The first kappa shape index (κ1) is 20.2. The number of aromatic nitrogens is 2.